The lowest BCUT2D eigenvalue weighted by Gasteiger charge is -2.37. The molecule has 200 valence electrons. The molecule has 1 amide bonds. The zero-order chi connectivity index (χ0) is 26.7. The van der Waals surface area contributed by atoms with E-state index in [0.717, 1.165) is 6.42 Å². The molecule has 0 bridgehead atoms. The van der Waals surface area contributed by atoms with Crippen molar-refractivity contribution in [3.63, 3.8) is 0 Å². The lowest BCUT2D eigenvalue weighted by Crippen LogP contribution is -2.63. The van der Waals surface area contributed by atoms with E-state index in [1.165, 1.54) is 0 Å². The number of carboxylic acids is 1. The van der Waals surface area contributed by atoms with Crippen LogP contribution in [0.15, 0.2) is 0 Å². The molecular formula is C25H50N4O4S. The van der Waals surface area contributed by atoms with Gasteiger partial charge in [0.1, 0.15) is 0 Å². The van der Waals surface area contributed by atoms with Crippen LogP contribution in [0, 0.1) is 5.92 Å². The van der Waals surface area contributed by atoms with Gasteiger partial charge in [0, 0.05) is 4.75 Å². The summed E-state index contributed by atoms with van der Waals surface area (Å²) >= 11 is 1.83. The standard InChI is InChI=1S/C25H50N4O4S/c1-10-24(11-2,27-16-17(5)15-23(7,8)34-9)21(32)18(6)28-22(33)19(14-20(30)31)29-25(26,12-3)13-4/h17-19,27,29H,10-16,26H2,1-9H3,(H,28,33)(H,30,31). The summed E-state index contributed by atoms with van der Waals surface area (Å²) in [6, 6.07) is -1.80. The Morgan fingerprint density at radius 1 is 1.00 bits per heavy atom. The Kier molecular flexibility index (Phi) is 13.9. The van der Waals surface area contributed by atoms with Gasteiger partial charge in [0.25, 0.3) is 0 Å². The predicted octanol–water partition coefficient (Wildman–Crippen LogP) is 3.28. The minimum Gasteiger partial charge on any atom is -0.481 e. The fraction of sp³-hybridized carbons (Fsp3) is 0.880. The van der Waals surface area contributed by atoms with Crippen molar-refractivity contribution in [2.24, 2.45) is 11.7 Å². The minimum absolute atomic E-state index is 0.0961. The SMILES string of the molecule is CCC(N)(CC)NC(CC(=O)O)C(=O)NC(C)C(=O)C(CC)(CC)NCC(C)CC(C)(C)SC. The van der Waals surface area contributed by atoms with E-state index in [1.807, 2.05) is 39.5 Å². The Labute approximate surface area is 211 Å². The predicted molar refractivity (Wildman–Crippen MR) is 142 cm³/mol. The first kappa shape index (κ1) is 32.8. The van der Waals surface area contributed by atoms with Crippen LogP contribution < -0.4 is 21.7 Å². The fourth-order valence-electron chi connectivity index (χ4n) is 4.28. The maximum Gasteiger partial charge on any atom is 0.305 e. The normalized spacial score (nSPS) is 15.5. The molecule has 6 N–H and O–H groups in total. The zero-order valence-electron chi connectivity index (χ0n) is 22.8. The highest BCUT2D eigenvalue weighted by atomic mass is 32.2. The average Bonchev–Trinajstić information content (AvgIpc) is 2.78. The number of Topliss-reactive ketones (excluding diaryl/α,β-unsaturated/α-hetero) is 1. The van der Waals surface area contributed by atoms with Crippen molar-refractivity contribution in [1.82, 2.24) is 16.0 Å². The molecule has 0 aliphatic rings. The first-order chi connectivity index (χ1) is 15.6. The van der Waals surface area contributed by atoms with Crippen molar-refractivity contribution in [1.29, 1.82) is 0 Å². The second-order valence-electron chi connectivity index (χ2n) is 10.2. The van der Waals surface area contributed by atoms with Gasteiger partial charge in [0.05, 0.1) is 29.7 Å². The first-order valence-corrected chi connectivity index (χ1v) is 13.8. The number of carboxylic acid groups (broad SMARTS) is 1. The number of aliphatic carboxylic acids is 1. The van der Waals surface area contributed by atoms with Crippen LogP contribution in [0.2, 0.25) is 0 Å². The molecule has 0 spiro atoms. The van der Waals surface area contributed by atoms with E-state index in [2.05, 4.69) is 43.0 Å². The smallest absolute Gasteiger partial charge is 0.305 e. The number of nitrogens with one attached hydrogen (secondary N) is 3. The summed E-state index contributed by atoms with van der Waals surface area (Å²) in [5.74, 6) is -1.36. The Bertz CT molecular complexity index is 663. The van der Waals surface area contributed by atoms with Crippen molar-refractivity contribution in [2.45, 2.75) is 122 Å². The summed E-state index contributed by atoms with van der Waals surface area (Å²) in [7, 11) is 0. The molecule has 0 aromatic heterocycles. The van der Waals surface area contributed by atoms with Crippen LogP contribution in [0.4, 0.5) is 0 Å². The number of thioether (sulfide) groups is 1. The summed E-state index contributed by atoms with van der Waals surface area (Å²) in [6.07, 6.45) is 4.96. The third-order valence-corrected chi connectivity index (χ3v) is 8.30. The van der Waals surface area contributed by atoms with E-state index < -0.39 is 41.6 Å². The number of hydrogen-bond donors (Lipinski definition) is 5. The Morgan fingerprint density at radius 2 is 1.53 bits per heavy atom. The molecule has 9 heteroatoms. The maximum absolute atomic E-state index is 13.5. The third-order valence-electron chi connectivity index (χ3n) is 7.03. The van der Waals surface area contributed by atoms with Gasteiger partial charge in [-0.25, -0.2) is 0 Å². The molecule has 3 atom stereocenters. The first-order valence-electron chi connectivity index (χ1n) is 12.6. The second-order valence-corrected chi connectivity index (χ2v) is 11.7. The van der Waals surface area contributed by atoms with Gasteiger partial charge in [-0.15, -0.1) is 0 Å². The largest absolute Gasteiger partial charge is 0.481 e. The van der Waals surface area contributed by atoms with Crippen molar-refractivity contribution >= 4 is 29.4 Å². The summed E-state index contributed by atoms with van der Waals surface area (Å²) in [4.78, 5) is 37.9. The van der Waals surface area contributed by atoms with Crippen molar-refractivity contribution in [3.05, 3.63) is 0 Å². The quantitative estimate of drug-likeness (QED) is 0.180. The Hall–Kier alpha value is -1.16. The molecule has 34 heavy (non-hydrogen) atoms. The van der Waals surface area contributed by atoms with Gasteiger partial charge in [-0.05, 0) is 57.7 Å². The maximum atomic E-state index is 13.5. The highest BCUT2D eigenvalue weighted by Gasteiger charge is 2.39. The lowest BCUT2D eigenvalue weighted by atomic mass is 9.83. The van der Waals surface area contributed by atoms with Crippen LogP contribution in [-0.4, -0.2) is 63.6 Å². The minimum atomic E-state index is -1.11. The molecule has 8 nitrogen and oxygen atoms in total. The van der Waals surface area contributed by atoms with Crippen LogP contribution in [0.3, 0.4) is 0 Å². The van der Waals surface area contributed by atoms with E-state index in [0.29, 0.717) is 38.1 Å². The van der Waals surface area contributed by atoms with Crippen molar-refractivity contribution in [2.75, 3.05) is 12.8 Å². The number of ketones is 1. The van der Waals surface area contributed by atoms with Gasteiger partial charge in [0.2, 0.25) is 5.91 Å². The molecule has 0 aliphatic heterocycles. The zero-order valence-corrected chi connectivity index (χ0v) is 23.7. The average molecular weight is 503 g/mol. The molecular weight excluding hydrogens is 452 g/mol. The third kappa shape index (κ3) is 10.2. The molecule has 0 rings (SSSR count). The van der Waals surface area contributed by atoms with Crippen molar-refractivity contribution in [3.8, 4) is 0 Å². The van der Waals surface area contributed by atoms with E-state index in [-0.39, 0.29) is 10.5 Å². The summed E-state index contributed by atoms with van der Waals surface area (Å²) in [6.45, 7) is 16.7. The monoisotopic (exact) mass is 502 g/mol. The van der Waals surface area contributed by atoms with Gasteiger partial charge in [-0.1, -0.05) is 48.5 Å². The molecule has 0 saturated carbocycles. The molecule has 3 unspecified atom stereocenters. The van der Waals surface area contributed by atoms with Crippen LogP contribution in [0.1, 0.15) is 93.9 Å². The van der Waals surface area contributed by atoms with Crippen LogP contribution in [0.25, 0.3) is 0 Å². The topological polar surface area (TPSA) is 134 Å². The molecule has 0 aromatic carbocycles. The highest BCUT2D eigenvalue weighted by molar-refractivity contribution is 7.99. The lowest BCUT2D eigenvalue weighted by molar-refractivity contribution is -0.140. The molecule has 0 radical (unpaired) electrons. The number of nitrogens with two attached hydrogens (primary N) is 1. The molecule has 0 aliphatic carbocycles. The van der Waals surface area contributed by atoms with Gasteiger partial charge in [-0.3, -0.25) is 19.7 Å². The van der Waals surface area contributed by atoms with Crippen molar-refractivity contribution < 1.29 is 19.5 Å². The number of hydrogen-bond acceptors (Lipinski definition) is 7. The van der Waals surface area contributed by atoms with E-state index >= 15 is 0 Å². The van der Waals surface area contributed by atoms with Gasteiger partial charge in [0.15, 0.2) is 5.78 Å². The summed E-state index contributed by atoms with van der Waals surface area (Å²) in [5, 5.41) is 18.6. The highest BCUT2D eigenvalue weighted by Crippen LogP contribution is 2.29. The van der Waals surface area contributed by atoms with Gasteiger partial charge < -0.3 is 21.5 Å². The molecule has 0 saturated heterocycles. The molecule has 0 aromatic rings. The number of rotatable bonds is 18. The van der Waals surface area contributed by atoms with Crippen LogP contribution in [-0.2, 0) is 14.4 Å². The van der Waals surface area contributed by atoms with Crippen LogP contribution >= 0.6 is 11.8 Å². The number of carbonyl (C=O) groups is 3. The molecule has 0 fully saturated rings. The number of amides is 1. The van der Waals surface area contributed by atoms with Gasteiger partial charge in [-0.2, -0.15) is 11.8 Å². The summed E-state index contributed by atoms with van der Waals surface area (Å²) < 4.78 is 0.162. The summed E-state index contributed by atoms with van der Waals surface area (Å²) in [5.41, 5.74) is 4.66. The van der Waals surface area contributed by atoms with E-state index in [9.17, 15) is 19.5 Å². The van der Waals surface area contributed by atoms with E-state index in [4.69, 9.17) is 5.73 Å². The molecule has 0 heterocycles. The van der Waals surface area contributed by atoms with Gasteiger partial charge >= 0.3 is 5.97 Å². The Balaban J connectivity index is 5.45. The van der Waals surface area contributed by atoms with E-state index in [1.54, 1.807) is 6.92 Å². The second kappa shape index (κ2) is 14.4. The number of carbonyl (C=O) groups excluding carboxylic acids is 2. The Morgan fingerprint density at radius 3 is 1.94 bits per heavy atom. The van der Waals surface area contributed by atoms with Crippen LogP contribution in [0.5, 0.6) is 0 Å². The fourth-order valence-corrected chi connectivity index (χ4v) is 4.73.